The summed E-state index contributed by atoms with van der Waals surface area (Å²) in [5, 5.41) is 18.4. The largest absolute Gasteiger partial charge is 0.497 e. The normalized spacial score (nSPS) is 27.1. The maximum Gasteiger partial charge on any atom is 0.197 e. The maximum absolute atomic E-state index is 12.3. The number of sulfone groups is 1. The molecule has 0 spiro atoms. The summed E-state index contributed by atoms with van der Waals surface area (Å²) in [5.74, 6) is 0.550. The second-order valence-electron chi connectivity index (χ2n) is 4.35. The molecule has 0 aliphatic heterocycles. The van der Waals surface area contributed by atoms with Crippen molar-refractivity contribution in [2.45, 2.75) is 28.6 Å². The minimum atomic E-state index is -3.75. The average Bonchev–Trinajstić information content (AvgIpc) is 2.34. The van der Waals surface area contributed by atoms with Crippen molar-refractivity contribution >= 4 is 9.84 Å². The van der Waals surface area contributed by atoms with Gasteiger partial charge in [0.2, 0.25) is 0 Å². The van der Waals surface area contributed by atoms with Gasteiger partial charge in [-0.05, 0) is 24.3 Å². The smallest absolute Gasteiger partial charge is 0.197 e. The van der Waals surface area contributed by atoms with Gasteiger partial charge in [-0.3, -0.25) is 0 Å². The van der Waals surface area contributed by atoms with Crippen LogP contribution in [-0.4, -0.2) is 31.5 Å². The Morgan fingerprint density at radius 1 is 1.39 bits per heavy atom. The van der Waals surface area contributed by atoms with Gasteiger partial charge in [0.15, 0.2) is 14.6 Å². The number of hydrogen-bond donors (Lipinski definition) is 1. The zero-order valence-corrected chi connectivity index (χ0v) is 10.6. The highest BCUT2D eigenvalue weighted by atomic mass is 32.2. The van der Waals surface area contributed by atoms with E-state index in [0.717, 1.165) is 0 Å². The molecular formula is C12H13NO4S. The molecule has 6 heteroatoms. The molecule has 0 radical (unpaired) electrons. The fraction of sp³-hybridized carbons (Fsp3) is 0.417. The van der Waals surface area contributed by atoms with Crippen LogP contribution in [0.3, 0.4) is 0 Å². The molecule has 1 N–H and O–H groups in total. The van der Waals surface area contributed by atoms with Gasteiger partial charge in [-0.15, -0.1) is 0 Å². The molecule has 0 unspecified atom stereocenters. The van der Waals surface area contributed by atoms with Gasteiger partial charge in [-0.2, -0.15) is 5.26 Å². The van der Waals surface area contributed by atoms with Crippen LogP contribution >= 0.6 is 0 Å². The lowest BCUT2D eigenvalue weighted by atomic mass is 9.82. The number of benzene rings is 1. The van der Waals surface area contributed by atoms with E-state index in [-0.39, 0.29) is 17.7 Å². The van der Waals surface area contributed by atoms with Crippen LogP contribution in [0.25, 0.3) is 0 Å². The first-order valence-electron chi connectivity index (χ1n) is 5.43. The van der Waals surface area contributed by atoms with Crippen molar-refractivity contribution in [3.63, 3.8) is 0 Å². The molecule has 0 bridgehead atoms. The van der Waals surface area contributed by atoms with Gasteiger partial charge in [0, 0.05) is 12.8 Å². The number of methoxy groups -OCH3 is 1. The maximum atomic E-state index is 12.3. The predicted molar refractivity (Wildman–Crippen MR) is 63.8 cm³/mol. The molecule has 0 atom stereocenters. The molecule has 2 rings (SSSR count). The first-order valence-corrected chi connectivity index (χ1v) is 6.91. The molecule has 96 valence electrons. The summed E-state index contributed by atoms with van der Waals surface area (Å²) in [5.41, 5.74) is 0. The molecule has 1 saturated carbocycles. The summed E-state index contributed by atoms with van der Waals surface area (Å²) in [6.45, 7) is 0. The van der Waals surface area contributed by atoms with E-state index in [4.69, 9.17) is 10.00 Å². The third-order valence-corrected chi connectivity index (χ3v) is 5.56. The van der Waals surface area contributed by atoms with Gasteiger partial charge < -0.3 is 9.84 Å². The lowest BCUT2D eigenvalue weighted by Gasteiger charge is -2.38. The number of aliphatic hydroxyl groups is 1. The van der Waals surface area contributed by atoms with E-state index < -0.39 is 20.7 Å². The summed E-state index contributed by atoms with van der Waals surface area (Å²) >= 11 is 0. The van der Waals surface area contributed by atoms with Gasteiger partial charge in [0.1, 0.15) is 5.75 Å². The Kier molecular flexibility index (Phi) is 3.05. The van der Waals surface area contributed by atoms with Crippen LogP contribution in [0.5, 0.6) is 5.75 Å². The zero-order valence-electron chi connectivity index (χ0n) is 9.83. The van der Waals surface area contributed by atoms with Gasteiger partial charge in [0.25, 0.3) is 0 Å². The van der Waals surface area contributed by atoms with E-state index in [1.165, 1.54) is 31.4 Å². The minimum absolute atomic E-state index is 0.0299. The number of rotatable bonds is 3. The zero-order chi connectivity index (χ0) is 13.4. The highest BCUT2D eigenvalue weighted by molar-refractivity contribution is 7.93. The topological polar surface area (TPSA) is 87.4 Å². The third kappa shape index (κ3) is 1.76. The molecule has 5 nitrogen and oxygen atoms in total. The molecule has 1 aliphatic carbocycles. The standard InChI is InChI=1S/C12H13NO4S/c1-17-10-2-4-11(5-3-10)18(15,16)12(8-13)6-9(14)7-12/h2-5,9,14H,6-7H2,1H3. The van der Waals surface area contributed by atoms with Crippen LogP contribution in [-0.2, 0) is 9.84 Å². The van der Waals surface area contributed by atoms with Crippen LogP contribution in [0.2, 0.25) is 0 Å². The van der Waals surface area contributed by atoms with Crippen molar-refractivity contribution in [2.24, 2.45) is 0 Å². The van der Waals surface area contributed by atoms with Crippen LogP contribution in [0.15, 0.2) is 29.2 Å². The number of aliphatic hydroxyl groups excluding tert-OH is 1. The molecule has 0 amide bonds. The van der Waals surface area contributed by atoms with Crippen molar-refractivity contribution in [2.75, 3.05) is 7.11 Å². The third-order valence-electron chi connectivity index (χ3n) is 3.22. The van der Waals surface area contributed by atoms with Gasteiger partial charge in [0.05, 0.1) is 24.2 Å². The average molecular weight is 267 g/mol. The van der Waals surface area contributed by atoms with E-state index in [1.54, 1.807) is 0 Å². The van der Waals surface area contributed by atoms with Crippen molar-refractivity contribution in [3.05, 3.63) is 24.3 Å². The number of hydrogen-bond acceptors (Lipinski definition) is 5. The Bertz CT molecular complexity index is 579. The first-order chi connectivity index (χ1) is 8.45. The lowest BCUT2D eigenvalue weighted by molar-refractivity contribution is 0.0764. The number of nitriles is 1. The fourth-order valence-electron chi connectivity index (χ4n) is 2.05. The quantitative estimate of drug-likeness (QED) is 0.878. The summed E-state index contributed by atoms with van der Waals surface area (Å²) in [6, 6.07) is 7.73. The highest BCUT2D eigenvalue weighted by Gasteiger charge is 2.55. The minimum Gasteiger partial charge on any atom is -0.497 e. The Balaban J connectivity index is 2.39. The Morgan fingerprint density at radius 3 is 2.33 bits per heavy atom. The van der Waals surface area contributed by atoms with Crippen molar-refractivity contribution < 1.29 is 18.3 Å². The molecule has 1 aromatic rings. The molecule has 1 aromatic carbocycles. The molecule has 1 fully saturated rings. The molecular weight excluding hydrogens is 254 g/mol. The fourth-order valence-corrected chi connectivity index (χ4v) is 3.94. The molecule has 0 heterocycles. The molecule has 18 heavy (non-hydrogen) atoms. The van der Waals surface area contributed by atoms with Crippen molar-refractivity contribution in [3.8, 4) is 11.8 Å². The van der Waals surface area contributed by atoms with E-state index in [0.29, 0.717) is 5.75 Å². The monoisotopic (exact) mass is 267 g/mol. The van der Waals surface area contributed by atoms with Crippen LogP contribution < -0.4 is 4.74 Å². The summed E-state index contributed by atoms with van der Waals surface area (Å²) in [6.07, 6.45) is -0.770. The van der Waals surface area contributed by atoms with Gasteiger partial charge in [-0.25, -0.2) is 8.42 Å². The van der Waals surface area contributed by atoms with Crippen LogP contribution in [0.4, 0.5) is 0 Å². The Labute approximate surface area is 106 Å². The highest BCUT2D eigenvalue weighted by Crippen LogP contribution is 2.42. The second-order valence-corrected chi connectivity index (χ2v) is 6.61. The Morgan fingerprint density at radius 2 is 1.94 bits per heavy atom. The molecule has 0 aromatic heterocycles. The van der Waals surface area contributed by atoms with Crippen LogP contribution in [0, 0.1) is 11.3 Å². The predicted octanol–water partition coefficient (Wildman–Crippen LogP) is 0.886. The summed E-state index contributed by atoms with van der Waals surface area (Å²) in [4.78, 5) is 0.0803. The number of ether oxygens (including phenoxy) is 1. The van der Waals surface area contributed by atoms with E-state index in [1.807, 2.05) is 6.07 Å². The molecule has 1 aliphatic rings. The summed E-state index contributed by atoms with van der Waals surface area (Å²) in [7, 11) is -2.26. The van der Waals surface area contributed by atoms with Crippen molar-refractivity contribution in [1.82, 2.24) is 0 Å². The second kappa shape index (κ2) is 4.26. The SMILES string of the molecule is COc1ccc(S(=O)(=O)C2(C#N)CC(O)C2)cc1. The van der Waals surface area contributed by atoms with Crippen molar-refractivity contribution in [1.29, 1.82) is 5.26 Å². The Hall–Kier alpha value is -1.58. The van der Waals surface area contributed by atoms with Gasteiger partial charge >= 0.3 is 0 Å². The van der Waals surface area contributed by atoms with E-state index in [2.05, 4.69) is 0 Å². The number of nitrogens with zero attached hydrogens (tertiary/aromatic N) is 1. The van der Waals surface area contributed by atoms with E-state index >= 15 is 0 Å². The summed E-state index contributed by atoms with van der Waals surface area (Å²) < 4.78 is 28.1. The van der Waals surface area contributed by atoms with Gasteiger partial charge in [-0.1, -0.05) is 0 Å². The van der Waals surface area contributed by atoms with Crippen LogP contribution in [0.1, 0.15) is 12.8 Å². The molecule has 0 saturated heterocycles. The van der Waals surface area contributed by atoms with E-state index in [9.17, 15) is 13.5 Å². The lowest BCUT2D eigenvalue weighted by Crippen LogP contribution is -2.51. The first kappa shape index (κ1) is 12.9.